The van der Waals surface area contributed by atoms with Gasteiger partial charge in [0.1, 0.15) is 0 Å². The lowest BCUT2D eigenvalue weighted by molar-refractivity contribution is -0.147. The zero-order chi connectivity index (χ0) is 17.8. The number of aryl methyl sites for hydroxylation is 1. The highest BCUT2D eigenvalue weighted by Crippen LogP contribution is 2.19. The Labute approximate surface area is 146 Å². The van der Waals surface area contributed by atoms with Gasteiger partial charge < -0.3 is 15.0 Å². The molecule has 0 saturated carbocycles. The van der Waals surface area contributed by atoms with Crippen LogP contribution < -0.4 is 5.32 Å². The summed E-state index contributed by atoms with van der Waals surface area (Å²) < 4.78 is 6.83. The van der Waals surface area contributed by atoms with E-state index < -0.39 is 17.9 Å². The summed E-state index contributed by atoms with van der Waals surface area (Å²) in [4.78, 5) is 26.6. The van der Waals surface area contributed by atoms with Gasteiger partial charge in [-0.3, -0.25) is 14.3 Å². The molecule has 0 bridgehead atoms. The third kappa shape index (κ3) is 3.71. The van der Waals surface area contributed by atoms with Gasteiger partial charge in [0.25, 0.3) is 0 Å². The van der Waals surface area contributed by atoms with Gasteiger partial charge in [-0.05, 0) is 23.6 Å². The molecule has 2 amide bonds. The number of hydrogen-bond donors (Lipinski definition) is 1. The number of ether oxygens (including phenoxy) is 1. The average Bonchev–Trinajstić information content (AvgIpc) is 3.06. The van der Waals surface area contributed by atoms with Crippen molar-refractivity contribution < 1.29 is 14.3 Å². The van der Waals surface area contributed by atoms with Crippen LogP contribution in [0.4, 0.5) is 0 Å². The maximum Gasteiger partial charge on any atom is 0.312 e. The Bertz CT molecular complexity index is 771. The Morgan fingerprint density at radius 3 is 2.72 bits per heavy atom. The first-order chi connectivity index (χ1) is 12.1. The van der Waals surface area contributed by atoms with E-state index >= 15 is 0 Å². The molecule has 1 unspecified atom stereocenters. The molecule has 2 heterocycles. The van der Waals surface area contributed by atoms with E-state index in [1.165, 1.54) is 5.56 Å². The molecule has 0 fully saturated rings. The summed E-state index contributed by atoms with van der Waals surface area (Å²) in [6.45, 7) is 1.27. The van der Waals surface area contributed by atoms with Gasteiger partial charge in [0.2, 0.25) is 0 Å². The average molecular weight is 342 g/mol. The molecule has 7 nitrogen and oxygen atoms in total. The van der Waals surface area contributed by atoms with Crippen LogP contribution in [0.5, 0.6) is 0 Å². The second-order valence-corrected chi connectivity index (χ2v) is 6.11. The smallest absolute Gasteiger partial charge is 0.312 e. The monoisotopic (exact) mass is 342 g/mol. The number of fused-ring (bicyclic) bond motifs is 1. The summed E-state index contributed by atoms with van der Waals surface area (Å²) in [5, 5.41) is 6.87. The fourth-order valence-electron chi connectivity index (χ4n) is 3.13. The van der Waals surface area contributed by atoms with Gasteiger partial charge in [0.15, 0.2) is 0 Å². The second kappa shape index (κ2) is 7.48. The molecule has 7 heteroatoms. The molecular weight excluding hydrogens is 320 g/mol. The summed E-state index contributed by atoms with van der Waals surface area (Å²) in [6.07, 6.45) is 2.41. The first kappa shape index (κ1) is 17.2. The summed E-state index contributed by atoms with van der Waals surface area (Å²) in [5.74, 6) is -1.14. The molecule has 1 aromatic heterocycles. The van der Waals surface area contributed by atoms with Crippen LogP contribution in [0.2, 0.25) is 0 Å². The predicted octanol–water partition coefficient (Wildman–Crippen LogP) is 0.809. The number of nitrogens with one attached hydrogen (secondary N) is 1. The quantitative estimate of drug-likeness (QED) is 0.834. The number of carbonyl (C=O) groups is 2. The largest absolute Gasteiger partial charge is 0.382 e. The number of benzene rings is 1. The lowest BCUT2D eigenvalue weighted by Gasteiger charge is -2.29. The number of aromatic nitrogens is 2. The fourth-order valence-corrected chi connectivity index (χ4v) is 3.13. The minimum Gasteiger partial charge on any atom is -0.382 e. The van der Waals surface area contributed by atoms with E-state index in [0.717, 1.165) is 17.7 Å². The summed E-state index contributed by atoms with van der Waals surface area (Å²) in [6, 6.07) is 9.37. The molecule has 0 saturated heterocycles. The molecule has 1 aromatic carbocycles. The Balaban J connectivity index is 1.68. The van der Waals surface area contributed by atoms with Crippen LogP contribution in [0.15, 0.2) is 36.5 Å². The second-order valence-electron chi connectivity index (χ2n) is 6.11. The third-order valence-electron chi connectivity index (χ3n) is 4.47. The Morgan fingerprint density at radius 1 is 1.28 bits per heavy atom. The van der Waals surface area contributed by atoms with Gasteiger partial charge in [-0.25, -0.2) is 0 Å². The molecule has 0 spiro atoms. The summed E-state index contributed by atoms with van der Waals surface area (Å²) >= 11 is 0. The Hall–Kier alpha value is -2.67. The molecular formula is C18H22N4O3. The zero-order valence-electron chi connectivity index (χ0n) is 14.4. The van der Waals surface area contributed by atoms with E-state index in [1.54, 1.807) is 36.0 Å². The number of methoxy groups -OCH3 is 1. The lowest BCUT2D eigenvalue weighted by atomic mass is 10.00. The first-order valence-corrected chi connectivity index (χ1v) is 8.23. The van der Waals surface area contributed by atoms with Crippen LogP contribution in [-0.2, 0) is 34.3 Å². The number of nitrogens with zero attached hydrogens (tertiary/aromatic N) is 3. The van der Waals surface area contributed by atoms with Crippen molar-refractivity contribution in [3.05, 3.63) is 53.3 Å². The van der Waals surface area contributed by atoms with Gasteiger partial charge in [-0.2, -0.15) is 5.10 Å². The zero-order valence-corrected chi connectivity index (χ0v) is 14.4. The van der Waals surface area contributed by atoms with Crippen molar-refractivity contribution in [1.29, 1.82) is 0 Å². The summed E-state index contributed by atoms with van der Waals surface area (Å²) in [5.41, 5.74) is 3.11. The first-order valence-electron chi connectivity index (χ1n) is 8.23. The molecule has 1 aliphatic heterocycles. The lowest BCUT2D eigenvalue weighted by Crippen LogP contribution is -2.46. The van der Waals surface area contributed by atoms with Crippen molar-refractivity contribution in [2.75, 3.05) is 20.3 Å². The number of hydrogen-bond acceptors (Lipinski definition) is 4. The number of carbonyl (C=O) groups excluding carboxylic acids is 2. The van der Waals surface area contributed by atoms with Crippen molar-refractivity contribution in [3.63, 3.8) is 0 Å². The minimum absolute atomic E-state index is 0.265. The van der Waals surface area contributed by atoms with Gasteiger partial charge >= 0.3 is 11.8 Å². The molecule has 0 aliphatic carbocycles. The van der Waals surface area contributed by atoms with Crippen LogP contribution in [-0.4, -0.2) is 46.8 Å². The maximum atomic E-state index is 12.6. The highest BCUT2D eigenvalue weighted by Gasteiger charge is 2.28. The van der Waals surface area contributed by atoms with Crippen LogP contribution in [0, 0.1) is 0 Å². The molecule has 1 atom stereocenters. The van der Waals surface area contributed by atoms with Crippen molar-refractivity contribution in [2.45, 2.75) is 19.0 Å². The SMILES string of the molecule is COCC(NC(=O)C(=O)N1CCc2ccccc2C1)c1ccnn1C. The highest BCUT2D eigenvalue weighted by molar-refractivity contribution is 6.35. The molecule has 0 radical (unpaired) electrons. The molecule has 3 rings (SSSR count). The van der Waals surface area contributed by atoms with E-state index in [1.807, 2.05) is 18.2 Å². The Morgan fingerprint density at radius 2 is 2.04 bits per heavy atom. The van der Waals surface area contributed by atoms with Crippen LogP contribution in [0.3, 0.4) is 0 Å². The number of amides is 2. The van der Waals surface area contributed by atoms with Gasteiger partial charge in [-0.1, -0.05) is 24.3 Å². The van der Waals surface area contributed by atoms with Crippen LogP contribution >= 0.6 is 0 Å². The van der Waals surface area contributed by atoms with Crippen LogP contribution in [0.1, 0.15) is 22.9 Å². The number of rotatable bonds is 4. The van der Waals surface area contributed by atoms with E-state index in [2.05, 4.69) is 16.5 Å². The van der Waals surface area contributed by atoms with Crippen molar-refractivity contribution in [3.8, 4) is 0 Å². The van der Waals surface area contributed by atoms with E-state index in [0.29, 0.717) is 13.1 Å². The van der Waals surface area contributed by atoms with Crippen LogP contribution in [0.25, 0.3) is 0 Å². The van der Waals surface area contributed by atoms with Gasteiger partial charge in [-0.15, -0.1) is 0 Å². The molecule has 2 aromatic rings. The third-order valence-corrected chi connectivity index (χ3v) is 4.47. The van der Waals surface area contributed by atoms with E-state index in [4.69, 9.17) is 4.74 Å². The van der Waals surface area contributed by atoms with E-state index in [-0.39, 0.29) is 6.61 Å². The topological polar surface area (TPSA) is 76.5 Å². The fraction of sp³-hybridized carbons (Fsp3) is 0.389. The summed E-state index contributed by atoms with van der Waals surface area (Å²) in [7, 11) is 3.34. The van der Waals surface area contributed by atoms with Crippen molar-refractivity contribution in [2.24, 2.45) is 7.05 Å². The predicted molar refractivity (Wildman–Crippen MR) is 91.5 cm³/mol. The van der Waals surface area contributed by atoms with Crippen molar-refractivity contribution >= 4 is 11.8 Å². The molecule has 1 aliphatic rings. The minimum atomic E-state index is -0.623. The molecule has 25 heavy (non-hydrogen) atoms. The van der Waals surface area contributed by atoms with Gasteiger partial charge in [0, 0.05) is 33.4 Å². The van der Waals surface area contributed by atoms with Crippen molar-refractivity contribution in [1.82, 2.24) is 20.0 Å². The standard InChI is InChI=1S/C18H22N4O3/c1-21-16(7-9-19-21)15(12-25-2)20-17(23)18(24)22-10-8-13-5-3-4-6-14(13)11-22/h3-7,9,15H,8,10-12H2,1-2H3,(H,20,23). The molecule has 1 N–H and O–H groups in total. The highest BCUT2D eigenvalue weighted by atomic mass is 16.5. The maximum absolute atomic E-state index is 12.6. The van der Waals surface area contributed by atoms with E-state index in [9.17, 15) is 9.59 Å². The normalized spacial score (nSPS) is 14.7. The molecule has 132 valence electrons. The Kier molecular flexibility index (Phi) is 5.14. The van der Waals surface area contributed by atoms with Gasteiger partial charge in [0.05, 0.1) is 18.3 Å².